The second kappa shape index (κ2) is 11.1. The Bertz CT molecular complexity index is 1110. The molecule has 8 heteroatoms. The van der Waals surface area contributed by atoms with Gasteiger partial charge in [0.2, 0.25) is 0 Å². The quantitative estimate of drug-likeness (QED) is 0.368. The molecule has 0 spiro atoms. The molecule has 0 saturated carbocycles. The van der Waals surface area contributed by atoms with Crippen LogP contribution >= 0.6 is 27.5 Å². The minimum Gasteiger partial charge on any atom is -0.493 e. The fourth-order valence-corrected chi connectivity index (χ4v) is 4.45. The lowest BCUT2D eigenvalue weighted by Crippen LogP contribution is -2.36. The van der Waals surface area contributed by atoms with E-state index in [0.717, 1.165) is 34.5 Å². The number of methoxy groups -OCH3 is 1. The predicted octanol–water partition coefficient (Wildman–Crippen LogP) is 6.28. The van der Waals surface area contributed by atoms with Crippen molar-refractivity contribution < 1.29 is 18.6 Å². The average molecular weight is 536 g/mol. The van der Waals surface area contributed by atoms with Gasteiger partial charge in [0, 0.05) is 40.9 Å². The van der Waals surface area contributed by atoms with Crippen molar-refractivity contribution in [2.24, 2.45) is 0 Å². The van der Waals surface area contributed by atoms with Crippen LogP contribution in [0, 0.1) is 5.82 Å². The van der Waals surface area contributed by atoms with E-state index in [1.54, 1.807) is 25.3 Å². The normalized spacial score (nSPS) is 13.6. The fraction of sp³-hybridized carbons (Fsp3) is 0.280. The minimum absolute atomic E-state index is 0.0898. The Balaban J connectivity index is 1.51. The molecule has 1 fully saturated rings. The number of hydrogen-bond donors (Lipinski definition) is 1. The molecule has 5 nitrogen and oxygen atoms in total. The van der Waals surface area contributed by atoms with Crippen molar-refractivity contribution in [2.45, 2.75) is 13.2 Å². The summed E-state index contributed by atoms with van der Waals surface area (Å²) in [6.45, 7) is 3.60. The Kier molecular flexibility index (Phi) is 7.96. The van der Waals surface area contributed by atoms with Crippen molar-refractivity contribution in [3.8, 4) is 11.5 Å². The molecule has 174 valence electrons. The van der Waals surface area contributed by atoms with Gasteiger partial charge in [-0.1, -0.05) is 45.7 Å². The van der Waals surface area contributed by atoms with Crippen LogP contribution < -0.4 is 19.7 Å². The molecule has 0 amide bonds. The van der Waals surface area contributed by atoms with Crippen molar-refractivity contribution in [2.75, 3.05) is 43.6 Å². The molecule has 1 aliphatic heterocycles. The first kappa shape index (κ1) is 23.7. The molecule has 1 N–H and O–H groups in total. The molecule has 3 aromatic rings. The summed E-state index contributed by atoms with van der Waals surface area (Å²) < 4.78 is 31.9. The van der Waals surface area contributed by atoms with Gasteiger partial charge in [0.1, 0.15) is 12.4 Å². The molecular formula is C25H25BrClFN2O3. The second-order valence-corrected chi connectivity index (χ2v) is 8.82. The highest BCUT2D eigenvalue weighted by Gasteiger charge is 2.17. The summed E-state index contributed by atoms with van der Waals surface area (Å²) in [6, 6.07) is 16.2. The SMILES string of the molecule is COc1ccc(Br)c(CNc2ccc(N3CCOCC3)c(Cl)c2)c1OCc1ccccc1F. The number of hydrogen-bond acceptors (Lipinski definition) is 5. The summed E-state index contributed by atoms with van der Waals surface area (Å²) in [7, 11) is 1.58. The molecule has 0 aliphatic carbocycles. The Morgan fingerprint density at radius 3 is 2.64 bits per heavy atom. The smallest absolute Gasteiger partial charge is 0.167 e. The maximum atomic E-state index is 14.1. The highest BCUT2D eigenvalue weighted by atomic mass is 79.9. The molecule has 0 aromatic heterocycles. The topological polar surface area (TPSA) is 43.0 Å². The molecule has 33 heavy (non-hydrogen) atoms. The standard InChI is InChI=1S/C25H25BrClFN2O3/c1-31-24-9-7-20(26)19(25(24)33-16-17-4-2-3-5-22(17)28)15-29-18-6-8-23(21(27)14-18)30-10-12-32-13-11-30/h2-9,14,29H,10-13,15-16H2,1H3. The summed E-state index contributed by atoms with van der Waals surface area (Å²) in [6.07, 6.45) is 0. The summed E-state index contributed by atoms with van der Waals surface area (Å²) in [4.78, 5) is 2.23. The van der Waals surface area contributed by atoms with E-state index < -0.39 is 0 Å². The molecule has 1 aliphatic rings. The zero-order valence-corrected chi connectivity index (χ0v) is 20.6. The van der Waals surface area contributed by atoms with Crippen molar-refractivity contribution in [3.63, 3.8) is 0 Å². The van der Waals surface area contributed by atoms with Gasteiger partial charge < -0.3 is 24.4 Å². The van der Waals surface area contributed by atoms with Gasteiger partial charge in [-0.05, 0) is 36.4 Å². The van der Waals surface area contributed by atoms with E-state index in [0.29, 0.717) is 41.8 Å². The van der Waals surface area contributed by atoms with Crippen LogP contribution in [-0.2, 0) is 17.9 Å². The van der Waals surface area contributed by atoms with Gasteiger partial charge >= 0.3 is 0 Å². The van der Waals surface area contributed by atoms with E-state index >= 15 is 0 Å². The second-order valence-electron chi connectivity index (χ2n) is 7.56. The first-order chi connectivity index (χ1) is 16.1. The van der Waals surface area contributed by atoms with Gasteiger partial charge in [-0.3, -0.25) is 0 Å². The summed E-state index contributed by atoms with van der Waals surface area (Å²) in [5.41, 5.74) is 3.22. The van der Waals surface area contributed by atoms with Gasteiger partial charge in [0.15, 0.2) is 11.5 Å². The average Bonchev–Trinajstić information content (AvgIpc) is 2.83. The van der Waals surface area contributed by atoms with Crippen LogP contribution in [0.1, 0.15) is 11.1 Å². The first-order valence-electron chi connectivity index (χ1n) is 10.6. The molecule has 0 bridgehead atoms. The van der Waals surface area contributed by atoms with Crippen LogP contribution in [0.15, 0.2) is 59.1 Å². The summed E-state index contributed by atoms with van der Waals surface area (Å²) in [5.74, 6) is 0.826. The zero-order valence-electron chi connectivity index (χ0n) is 18.2. The number of nitrogens with one attached hydrogen (secondary N) is 1. The highest BCUT2D eigenvalue weighted by Crippen LogP contribution is 2.38. The molecule has 1 saturated heterocycles. The third-order valence-corrected chi connectivity index (χ3v) is 6.53. The van der Waals surface area contributed by atoms with Gasteiger partial charge in [-0.15, -0.1) is 0 Å². The molecule has 0 atom stereocenters. The number of nitrogens with zero attached hydrogens (tertiary/aromatic N) is 1. The highest BCUT2D eigenvalue weighted by molar-refractivity contribution is 9.10. The molecule has 0 radical (unpaired) electrons. The number of benzene rings is 3. The molecule has 4 rings (SSSR count). The van der Waals surface area contributed by atoms with E-state index in [4.69, 9.17) is 25.8 Å². The van der Waals surface area contributed by atoms with Crippen molar-refractivity contribution >= 4 is 38.9 Å². The van der Waals surface area contributed by atoms with Crippen LogP contribution in [0.5, 0.6) is 11.5 Å². The Labute approximate surface area is 206 Å². The molecule has 1 heterocycles. The van der Waals surface area contributed by atoms with E-state index in [-0.39, 0.29) is 12.4 Å². The van der Waals surface area contributed by atoms with E-state index in [1.165, 1.54) is 6.07 Å². The van der Waals surface area contributed by atoms with Crippen LogP contribution in [0.3, 0.4) is 0 Å². The lowest BCUT2D eigenvalue weighted by atomic mass is 10.1. The number of anilines is 2. The minimum atomic E-state index is -0.305. The summed E-state index contributed by atoms with van der Waals surface area (Å²) >= 11 is 10.2. The van der Waals surface area contributed by atoms with E-state index in [9.17, 15) is 4.39 Å². The molecular weight excluding hydrogens is 511 g/mol. The molecule has 3 aromatic carbocycles. The fourth-order valence-electron chi connectivity index (χ4n) is 3.70. The maximum absolute atomic E-state index is 14.1. The van der Waals surface area contributed by atoms with Crippen molar-refractivity contribution in [1.29, 1.82) is 0 Å². The van der Waals surface area contributed by atoms with Gasteiger partial charge in [-0.2, -0.15) is 0 Å². The van der Waals surface area contributed by atoms with E-state index in [2.05, 4.69) is 26.1 Å². The lowest BCUT2D eigenvalue weighted by Gasteiger charge is -2.29. The zero-order chi connectivity index (χ0) is 23.2. The number of morpholine rings is 1. The van der Waals surface area contributed by atoms with Gasteiger partial charge in [0.25, 0.3) is 0 Å². The lowest BCUT2D eigenvalue weighted by molar-refractivity contribution is 0.122. The Hall–Kier alpha value is -2.48. The third kappa shape index (κ3) is 5.72. The van der Waals surface area contributed by atoms with Crippen LogP contribution in [0.4, 0.5) is 15.8 Å². The van der Waals surface area contributed by atoms with Crippen LogP contribution in [-0.4, -0.2) is 33.4 Å². The largest absolute Gasteiger partial charge is 0.493 e. The van der Waals surface area contributed by atoms with E-state index in [1.807, 2.05) is 30.3 Å². The number of halogens is 3. The van der Waals surface area contributed by atoms with Crippen LogP contribution in [0.25, 0.3) is 0 Å². The predicted molar refractivity (Wildman–Crippen MR) is 133 cm³/mol. The third-order valence-electron chi connectivity index (χ3n) is 5.49. The maximum Gasteiger partial charge on any atom is 0.167 e. The van der Waals surface area contributed by atoms with Crippen molar-refractivity contribution in [1.82, 2.24) is 0 Å². The number of ether oxygens (including phenoxy) is 3. The number of rotatable bonds is 8. The van der Waals surface area contributed by atoms with Gasteiger partial charge in [0.05, 0.1) is 31.0 Å². The Morgan fingerprint density at radius 1 is 1.12 bits per heavy atom. The monoisotopic (exact) mass is 534 g/mol. The van der Waals surface area contributed by atoms with Gasteiger partial charge in [-0.25, -0.2) is 4.39 Å². The van der Waals surface area contributed by atoms with Crippen LogP contribution in [0.2, 0.25) is 5.02 Å². The molecule has 0 unspecified atom stereocenters. The van der Waals surface area contributed by atoms with Crippen molar-refractivity contribution in [3.05, 3.63) is 81.0 Å². The first-order valence-corrected chi connectivity index (χ1v) is 11.8. The Morgan fingerprint density at radius 2 is 1.91 bits per heavy atom. The summed E-state index contributed by atoms with van der Waals surface area (Å²) in [5, 5.41) is 4.09.